The second-order valence-corrected chi connectivity index (χ2v) is 7.38. The van der Waals surface area contributed by atoms with E-state index in [1.165, 1.54) is 0 Å². The minimum atomic E-state index is -1.74. The Balaban J connectivity index is 2.68. The number of nitrogens with one attached hydrogen (secondary N) is 3. The number of carbonyl (C=O) groups excluding carboxylic acids is 1. The molecule has 1 rings (SSSR count). The number of carbonyl (C=O) groups is 1. The summed E-state index contributed by atoms with van der Waals surface area (Å²) in [6.45, 7) is 3.48. The molecule has 1 aromatic carbocycles. The van der Waals surface area contributed by atoms with Crippen LogP contribution in [0.1, 0.15) is 13.8 Å². The predicted octanol–water partition coefficient (Wildman–Crippen LogP) is 3.44. The molecule has 1 atom stereocenters. The van der Waals surface area contributed by atoms with E-state index < -0.39 is 9.96 Å². The number of hydrogen-bond acceptors (Lipinski definition) is 2. The highest BCUT2D eigenvalue weighted by Crippen LogP contribution is 2.29. The topological polar surface area (TPSA) is 53.2 Å². The zero-order chi connectivity index (χ0) is 16.0. The van der Waals surface area contributed by atoms with E-state index in [2.05, 4.69) is 16.0 Å². The van der Waals surface area contributed by atoms with Crippen LogP contribution in [-0.2, 0) is 4.79 Å². The lowest BCUT2D eigenvalue weighted by molar-refractivity contribution is -0.124. The van der Waals surface area contributed by atoms with E-state index in [0.717, 1.165) is 5.69 Å². The molecule has 0 radical (unpaired) electrons. The van der Waals surface area contributed by atoms with Crippen molar-refractivity contribution in [3.8, 4) is 0 Å². The van der Waals surface area contributed by atoms with Gasteiger partial charge in [-0.05, 0) is 24.4 Å². The highest BCUT2D eigenvalue weighted by atomic mass is 35.6. The lowest BCUT2D eigenvalue weighted by atomic mass is 10.2. The molecule has 0 aliphatic carbocycles. The fourth-order valence-electron chi connectivity index (χ4n) is 1.33. The first-order valence-electron chi connectivity index (χ1n) is 6.20. The molecule has 1 amide bonds. The number of benzene rings is 1. The van der Waals surface area contributed by atoms with Crippen molar-refractivity contribution in [1.29, 1.82) is 0 Å². The highest BCUT2D eigenvalue weighted by Gasteiger charge is 2.35. The van der Waals surface area contributed by atoms with Crippen molar-refractivity contribution in [3.63, 3.8) is 0 Å². The van der Waals surface area contributed by atoms with Crippen molar-refractivity contribution >= 4 is 63.7 Å². The number of hydrogen-bond donors (Lipinski definition) is 3. The van der Waals surface area contributed by atoms with E-state index in [1.807, 2.05) is 30.3 Å². The summed E-state index contributed by atoms with van der Waals surface area (Å²) < 4.78 is -1.74. The van der Waals surface area contributed by atoms with E-state index >= 15 is 0 Å². The van der Waals surface area contributed by atoms with Gasteiger partial charge in [-0.15, -0.1) is 0 Å². The average molecular weight is 369 g/mol. The third-order valence-corrected chi connectivity index (χ3v) is 3.32. The van der Waals surface area contributed by atoms with Crippen LogP contribution in [0.15, 0.2) is 30.3 Å². The van der Waals surface area contributed by atoms with Crippen LogP contribution in [0.3, 0.4) is 0 Å². The van der Waals surface area contributed by atoms with Crippen LogP contribution < -0.4 is 16.0 Å². The maximum atomic E-state index is 11.7. The Morgan fingerprint density at radius 2 is 1.71 bits per heavy atom. The molecule has 1 unspecified atom stereocenters. The smallest absolute Gasteiger partial charge is 0.228 e. The summed E-state index contributed by atoms with van der Waals surface area (Å²) >= 11 is 22.7. The molecule has 0 heterocycles. The average Bonchev–Trinajstić information content (AvgIpc) is 2.37. The Hall–Kier alpha value is -0.750. The summed E-state index contributed by atoms with van der Waals surface area (Å²) in [7, 11) is 0. The van der Waals surface area contributed by atoms with Crippen LogP contribution in [0, 0.1) is 5.92 Å². The van der Waals surface area contributed by atoms with Gasteiger partial charge >= 0.3 is 0 Å². The Morgan fingerprint density at radius 1 is 1.14 bits per heavy atom. The van der Waals surface area contributed by atoms with Gasteiger partial charge in [-0.25, -0.2) is 0 Å². The Kier molecular flexibility index (Phi) is 7.00. The van der Waals surface area contributed by atoms with E-state index in [0.29, 0.717) is 0 Å². The van der Waals surface area contributed by atoms with Crippen LogP contribution in [0.2, 0.25) is 0 Å². The third kappa shape index (κ3) is 6.70. The number of rotatable bonds is 4. The van der Waals surface area contributed by atoms with Crippen LogP contribution >= 0.6 is 47.0 Å². The number of alkyl halides is 3. The number of thiocarbonyl (C=S) groups is 1. The quantitative estimate of drug-likeness (QED) is 0.433. The molecular weight excluding hydrogens is 353 g/mol. The van der Waals surface area contributed by atoms with E-state index in [9.17, 15) is 4.79 Å². The van der Waals surface area contributed by atoms with Crippen LogP contribution in [0.4, 0.5) is 5.69 Å². The molecule has 0 fully saturated rings. The summed E-state index contributed by atoms with van der Waals surface area (Å²) in [5.41, 5.74) is 0.785. The molecule has 0 saturated heterocycles. The molecule has 8 heteroatoms. The molecule has 0 saturated carbocycles. The molecule has 4 nitrogen and oxygen atoms in total. The molecule has 116 valence electrons. The molecule has 1 aromatic rings. The zero-order valence-corrected chi connectivity index (χ0v) is 14.6. The van der Waals surface area contributed by atoms with E-state index in [4.69, 9.17) is 47.0 Å². The lowest BCUT2D eigenvalue weighted by Gasteiger charge is -2.28. The number of amides is 1. The van der Waals surface area contributed by atoms with Crippen LogP contribution in [0.25, 0.3) is 0 Å². The SMILES string of the molecule is CC(C)C(=O)NC(NC(=S)Nc1ccccc1)C(Cl)(Cl)Cl. The minimum Gasteiger partial charge on any atom is -0.339 e. The largest absolute Gasteiger partial charge is 0.339 e. The first-order chi connectivity index (χ1) is 9.70. The summed E-state index contributed by atoms with van der Waals surface area (Å²) in [6, 6.07) is 9.28. The molecule has 0 spiro atoms. The highest BCUT2D eigenvalue weighted by molar-refractivity contribution is 7.80. The summed E-state index contributed by atoms with van der Waals surface area (Å²) in [6.07, 6.45) is -0.943. The van der Waals surface area contributed by atoms with Crippen molar-refractivity contribution < 1.29 is 4.79 Å². The number of para-hydroxylation sites is 1. The van der Waals surface area contributed by atoms with Gasteiger partial charge in [0, 0.05) is 11.6 Å². The first kappa shape index (κ1) is 18.3. The van der Waals surface area contributed by atoms with Crippen molar-refractivity contribution in [3.05, 3.63) is 30.3 Å². The van der Waals surface area contributed by atoms with Crippen LogP contribution in [-0.4, -0.2) is 21.0 Å². The summed E-state index contributed by atoms with van der Waals surface area (Å²) in [5, 5.41) is 8.56. The molecule has 0 aromatic heterocycles. The first-order valence-corrected chi connectivity index (χ1v) is 7.74. The number of halogens is 3. The van der Waals surface area contributed by atoms with Gasteiger partial charge in [-0.1, -0.05) is 66.8 Å². The predicted molar refractivity (Wildman–Crippen MR) is 92.9 cm³/mol. The van der Waals surface area contributed by atoms with Gasteiger partial charge < -0.3 is 16.0 Å². The summed E-state index contributed by atoms with van der Waals surface area (Å²) in [5.74, 6) is -0.487. The van der Waals surface area contributed by atoms with Gasteiger partial charge in [0.05, 0.1) is 0 Å². The standard InChI is InChI=1S/C13H16Cl3N3OS/c1-8(2)10(20)18-11(13(14,15)16)19-12(21)17-9-6-4-3-5-7-9/h3-8,11H,1-2H3,(H,18,20)(H2,17,19,21). The minimum absolute atomic E-state index is 0.238. The molecule has 21 heavy (non-hydrogen) atoms. The van der Waals surface area contributed by atoms with Crippen molar-refractivity contribution in [1.82, 2.24) is 10.6 Å². The van der Waals surface area contributed by atoms with E-state index in [-0.39, 0.29) is 16.9 Å². The molecule has 0 aliphatic heterocycles. The monoisotopic (exact) mass is 367 g/mol. The van der Waals surface area contributed by atoms with Crippen molar-refractivity contribution in [2.75, 3.05) is 5.32 Å². The van der Waals surface area contributed by atoms with Gasteiger partial charge in [0.2, 0.25) is 9.70 Å². The zero-order valence-electron chi connectivity index (χ0n) is 11.5. The molecule has 0 aliphatic rings. The third-order valence-electron chi connectivity index (χ3n) is 2.45. The Bertz CT molecular complexity index is 491. The fourth-order valence-corrected chi connectivity index (χ4v) is 1.89. The lowest BCUT2D eigenvalue weighted by Crippen LogP contribution is -2.56. The van der Waals surface area contributed by atoms with Gasteiger partial charge in [-0.2, -0.15) is 0 Å². The summed E-state index contributed by atoms with van der Waals surface area (Å²) in [4.78, 5) is 11.7. The normalized spacial score (nSPS) is 12.7. The van der Waals surface area contributed by atoms with Crippen molar-refractivity contribution in [2.24, 2.45) is 5.92 Å². The van der Waals surface area contributed by atoms with Gasteiger partial charge in [0.1, 0.15) is 6.17 Å². The van der Waals surface area contributed by atoms with Gasteiger partial charge in [0.15, 0.2) is 5.11 Å². The molecule has 0 bridgehead atoms. The second-order valence-electron chi connectivity index (χ2n) is 4.60. The van der Waals surface area contributed by atoms with Crippen LogP contribution in [0.5, 0.6) is 0 Å². The van der Waals surface area contributed by atoms with Gasteiger partial charge in [-0.3, -0.25) is 4.79 Å². The second kappa shape index (κ2) is 8.03. The van der Waals surface area contributed by atoms with Crippen molar-refractivity contribution in [2.45, 2.75) is 23.8 Å². The fraction of sp³-hybridized carbons (Fsp3) is 0.385. The maximum Gasteiger partial charge on any atom is 0.228 e. The number of anilines is 1. The Labute approximate surface area is 144 Å². The van der Waals surface area contributed by atoms with E-state index in [1.54, 1.807) is 13.8 Å². The Morgan fingerprint density at radius 3 is 2.19 bits per heavy atom. The molecular formula is C13H16Cl3N3OS. The maximum absolute atomic E-state index is 11.7. The van der Waals surface area contributed by atoms with Gasteiger partial charge in [0.25, 0.3) is 0 Å². The molecule has 3 N–H and O–H groups in total.